The maximum absolute atomic E-state index is 12.1. The van der Waals surface area contributed by atoms with Gasteiger partial charge in [-0.3, -0.25) is 4.79 Å². The first-order valence-corrected chi connectivity index (χ1v) is 11.0. The second-order valence-electron chi connectivity index (χ2n) is 6.68. The van der Waals surface area contributed by atoms with Gasteiger partial charge in [0.2, 0.25) is 5.91 Å². The number of amides is 1. The first-order valence-electron chi connectivity index (χ1n) is 10.2. The van der Waals surface area contributed by atoms with Gasteiger partial charge in [-0.15, -0.1) is 11.3 Å². The number of hydrogen-bond acceptors (Lipinski definition) is 5. The molecule has 0 bridgehead atoms. The van der Waals surface area contributed by atoms with Crippen molar-refractivity contribution in [1.29, 1.82) is 0 Å². The second kappa shape index (κ2) is 10.8. The Morgan fingerprint density at radius 3 is 2.62 bits per heavy atom. The zero-order chi connectivity index (χ0) is 20.5. The number of aromatic nitrogens is 1. The molecule has 0 saturated heterocycles. The Balaban J connectivity index is 1.40. The zero-order valence-electron chi connectivity index (χ0n) is 17.1. The molecule has 0 atom stereocenters. The van der Waals surface area contributed by atoms with Crippen LogP contribution in [0.2, 0.25) is 0 Å². The van der Waals surface area contributed by atoms with E-state index in [9.17, 15) is 4.79 Å². The third-order valence-corrected chi connectivity index (χ3v) is 5.57. The third kappa shape index (κ3) is 6.19. The molecule has 6 heteroatoms. The van der Waals surface area contributed by atoms with Gasteiger partial charge in [0.15, 0.2) is 11.5 Å². The normalized spacial score (nSPS) is 10.8. The number of thiazole rings is 1. The number of carbonyl (C=O) groups excluding carboxylic acids is 1. The van der Waals surface area contributed by atoms with Crippen LogP contribution in [0.25, 0.3) is 10.2 Å². The first-order chi connectivity index (χ1) is 14.2. The number of ether oxygens (including phenoxy) is 2. The topological polar surface area (TPSA) is 60.5 Å². The summed E-state index contributed by atoms with van der Waals surface area (Å²) in [6.45, 7) is 5.72. The van der Waals surface area contributed by atoms with Gasteiger partial charge in [-0.25, -0.2) is 4.98 Å². The van der Waals surface area contributed by atoms with Crippen molar-refractivity contribution in [2.75, 3.05) is 19.8 Å². The van der Waals surface area contributed by atoms with Crippen molar-refractivity contribution in [3.05, 3.63) is 53.0 Å². The summed E-state index contributed by atoms with van der Waals surface area (Å²) >= 11 is 1.71. The largest absolute Gasteiger partial charge is 0.490 e. The zero-order valence-corrected chi connectivity index (χ0v) is 17.9. The first kappa shape index (κ1) is 21.1. The maximum atomic E-state index is 12.1. The minimum atomic E-state index is 0.0853. The molecule has 1 N–H and O–H groups in total. The van der Waals surface area contributed by atoms with E-state index in [1.807, 2.05) is 50.2 Å². The van der Waals surface area contributed by atoms with Crippen LogP contribution in [0.5, 0.6) is 11.5 Å². The Morgan fingerprint density at radius 1 is 1.03 bits per heavy atom. The summed E-state index contributed by atoms with van der Waals surface area (Å²) in [7, 11) is 0. The highest BCUT2D eigenvalue weighted by atomic mass is 32.1. The standard InChI is InChI=1S/C23H28N2O3S/c1-3-27-19-13-12-17(16-20(19)28-4-2)14-15-24-22(26)10-7-11-23-25-18-8-5-6-9-21(18)29-23/h5-6,8-9,12-13,16H,3-4,7,10-11,14-15H2,1-2H3,(H,24,26). The van der Waals surface area contributed by atoms with E-state index < -0.39 is 0 Å². The van der Waals surface area contributed by atoms with Crippen molar-refractivity contribution in [3.8, 4) is 11.5 Å². The molecule has 0 unspecified atom stereocenters. The van der Waals surface area contributed by atoms with E-state index in [0.717, 1.165) is 46.8 Å². The minimum Gasteiger partial charge on any atom is -0.490 e. The number of benzene rings is 2. The molecule has 1 aromatic heterocycles. The van der Waals surface area contributed by atoms with Gasteiger partial charge in [-0.1, -0.05) is 18.2 Å². The van der Waals surface area contributed by atoms with E-state index in [1.165, 1.54) is 4.70 Å². The monoisotopic (exact) mass is 412 g/mol. The van der Waals surface area contributed by atoms with Gasteiger partial charge in [0, 0.05) is 13.0 Å². The van der Waals surface area contributed by atoms with Crippen molar-refractivity contribution in [2.24, 2.45) is 0 Å². The molecule has 0 saturated carbocycles. The molecular formula is C23H28N2O3S. The van der Waals surface area contributed by atoms with Crippen LogP contribution < -0.4 is 14.8 Å². The summed E-state index contributed by atoms with van der Waals surface area (Å²) in [5.41, 5.74) is 2.16. The fraction of sp³-hybridized carbons (Fsp3) is 0.391. The molecule has 0 spiro atoms. The van der Waals surface area contributed by atoms with Gasteiger partial charge in [-0.05, 0) is 62.9 Å². The van der Waals surface area contributed by atoms with Crippen LogP contribution >= 0.6 is 11.3 Å². The molecule has 2 aromatic carbocycles. The number of fused-ring (bicyclic) bond motifs is 1. The van der Waals surface area contributed by atoms with Crippen LogP contribution in [0.15, 0.2) is 42.5 Å². The lowest BCUT2D eigenvalue weighted by molar-refractivity contribution is -0.121. The summed E-state index contributed by atoms with van der Waals surface area (Å²) in [6, 6.07) is 14.1. The van der Waals surface area contributed by atoms with Crippen LogP contribution in [-0.2, 0) is 17.6 Å². The summed E-state index contributed by atoms with van der Waals surface area (Å²) < 4.78 is 12.4. The lowest BCUT2D eigenvalue weighted by Crippen LogP contribution is -2.25. The molecule has 0 radical (unpaired) electrons. The van der Waals surface area contributed by atoms with Gasteiger partial charge in [-0.2, -0.15) is 0 Å². The molecule has 1 heterocycles. The number of nitrogens with one attached hydrogen (secondary N) is 1. The molecule has 0 aliphatic heterocycles. The Labute approximate surface area is 176 Å². The Kier molecular flexibility index (Phi) is 7.87. The van der Waals surface area contributed by atoms with E-state index in [1.54, 1.807) is 11.3 Å². The second-order valence-corrected chi connectivity index (χ2v) is 7.79. The summed E-state index contributed by atoms with van der Waals surface area (Å²) in [4.78, 5) is 16.8. The molecule has 0 aliphatic rings. The highest BCUT2D eigenvalue weighted by Crippen LogP contribution is 2.28. The molecule has 154 valence electrons. The van der Waals surface area contributed by atoms with Crippen molar-refractivity contribution >= 4 is 27.5 Å². The number of hydrogen-bond donors (Lipinski definition) is 1. The smallest absolute Gasteiger partial charge is 0.220 e. The summed E-state index contributed by atoms with van der Waals surface area (Å²) in [5, 5.41) is 4.10. The summed E-state index contributed by atoms with van der Waals surface area (Å²) in [6.07, 6.45) is 2.92. The minimum absolute atomic E-state index is 0.0853. The summed E-state index contributed by atoms with van der Waals surface area (Å²) in [5.74, 6) is 1.60. The molecule has 3 rings (SSSR count). The van der Waals surface area contributed by atoms with E-state index in [0.29, 0.717) is 26.2 Å². The Bertz CT molecular complexity index is 906. The van der Waals surface area contributed by atoms with E-state index in [2.05, 4.69) is 16.4 Å². The average molecular weight is 413 g/mol. The molecule has 1 amide bonds. The molecule has 0 fully saturated rings. The molecular weight excluding hydrogens is 384 g/mol. The quantitative estimate of drug-likeness (QED) is 0.493. The van der Waals surface area contributed by atoms with Crippen molar-refractivity contribution in [3.63, 3.8) is 0 Å². The van der Waals surface area contributed by atoms with Gasteiger partial charge in [0.05, 0.1) is 28.4 Å². The lowest BCUT2D eigenvalue weighted by atomic mass is 10.1. The molecule has 5 nitrogen and oxygen atoms in total. The van der Waals surface area contributed by atoms with Crippen LogP contribution in [-0.4, -0.2) is 30.6 Å². The van der Waals surface area contributed by atoms with E-state index >= 15 is 0 Å². The predicted molar refractivity (Wildman–Crippen MR) is 118 cm³/mol. The van der Waals surface area contributed by atoms with Crippen LogP contribution in [0, 0.1) is 0 Å². The predicted octanol–water partition coefficient (Wildman–Crippen LogP) is 4.78. The number of nitrogens with zero attached hydrogens (tertiary/aromatic N) is 1. The lowest BCUT2D eigenvalue weighted by Gasteiger charge is -2.12. The number of para-hydroxylation sites is 1. The van der Waals surface area contributed by atoms with Gasteiger partial charge in [0.1, 0.15) is 0 Å². The fourth-order valence-electron chi connectivity index (χ4n) is 3.11. The van der Waals surface area contributed by atoms with Gasteiger partial charge < -0.3 is 14.8 Å². The van der Waals surface area contributed by atoms with Crippen LogP contribution in [0.1, 0.15) is 37.3 Å². The molecule has 29 heavy (non-hydrogen) atoms. The van der Waals surface area contributed by atoms with Crippen LogP contribution in [0.4, 0.5) is 0 Å². The maximum Gasteiger partial charge on any atom is 0.220 e. The van der Waals surface area contributed by atoms with Crippen molar-refractivity contribution in [2.45, 2.75) is 39.5 Å². The molecule has 3 aromatic rings. The van der Waals surface area contributed by atoms with Crippen molar-refractivity contribution < 1.29 is 14.3 Å². The fourth-order valence-corrected chi connectivity index (χ4v) is 4.12. The SMILES string of the molecule is CCOc1ccc(CCNC(=O)CCCc2nc3ccccc3s2)cc1OCC. The average Bonchev–Trinajstić information content (AvgIpc) is 3.13. The molecule has 0 aliphatic carbocycles. The van der Waals surface area contributed by atoms with E-state index in [4.69, 9.17) is 9.47 Å². The third-order valence-electron chi connectivity index (χ3n) is 4.48. The van der Waals surface area contributed by atoms with Crippen LogP contribution in [0.3, 0.4) is 0 Å². The van der Waals surface area contributed by atoms with Gasteiger partial charge in [0.25, 0.3) is 0 Å². The van der Waals surface area contributed by atoms with Crippen molar-refractivity contribution in [1.82, 2.24) is 10.3 Å². The number of rotatable bonds is 11. The number of carbonyl (C=O) groups is 1. The van der Waals surface area contributed by atoms with Gasteiger partial charge >= 0.3 is 0 Å². The highest BCUT2D eigenvalue weighted by molar-refractivity contribution is 7.18. The number of aryl methyl sites for hydroxylation is 1. The highest BCUT2D eigenvalue weighted by Gasteiger charge is 2.08. The Morgan fingerprint density at radius 2 is 1.83 bits per heavy atom. The Hall–Kier alpha value is -2.60. The van der Waals surface area contributed by atoms with E-state index in [-0.39, 0.29) is 5.91 Å².